The number of rotatable bonds is 6. The van der Waals surface area contributed by atoms with Crippen LogP contribution in [0.5, 0.6) is 5.88 Å². The maximum Gasteiger partial charge on any atom is 0.476 e. The van der Waals surface area contributed by atoms with Gasteiger partial charge in [0.1, 0.15) is 13.2 Å². The Labute approximate surface area is 160 Å². The van der Waals surface area contributed by atoms with Gasteiger partial charge in [-0.05, 0) is 16.1 Å². The monoisotopic (exact) mass is 376 g/mol. The number of imidazole rings is 1. The highest BCUT2D eigenvalue weighted by molar-refractivity contribution is 5.83. The molecule has 0 aliphatic carbocycles. The van der Waals surface area contributed by atoms with Gasteiger partial charge in [-0.15, -0.1) is 0 Å². The van der Waals surface area contributed by atoms with E-state index >= 15 is 0 Å². The Hall–Kier alpha value is -3.94. The second-order valence-corrected chi connectivity index (χ2v) is 5.98. The lowest BCUT2D eigenvalue weighted by Gasteiger charge is -2.06. The van der Waals surface area contributed by atoms with Crippen molar-refractivity contribution in [2.24, 2.45) is 0 Å². The fourth-order valence-corrected chi connectivity index (χ4v) is 2.60. The molecular formula is C20H18N5O3+. The first-order chi connectivity index (χ1) is 13.8. The van der Waals surface area contributed by atoms with Gasteiger partial charge in [-0.25, -0.2) is 14.8 Å². The van der Waals surface area contributed by atoms with Gasteiger partial charge in [-0.1, -0.05) is 60.7 Å². The highest BCUT2D eigenvalue weighted by Gasteiger charge is 2.20. The van der Waals surface area contributed by atoms with Crippen LogP contribution in [0, 0.1) is 0 Å². The molecule has 2 aromatic heterocycles. The Morgan fingerprint density at radius 2 is 1.68 bits per heavy atom. The molecule has 0 unspecified atom stereocenters. The number of nitrogens with zero attached hydrogens (tertiary/aromatic N) is 2. The van der Waals surface area contributed by atoms with E-state index in [-0.39, 0.29) is 12.6 Å². The third-order valence-electron chi connectivity index (χ3n) is 3.96. The minimum absolute atomic E-state index is 0.161. The third-order valence-corrected chi connectivity index (χ3v) is 3.96. The SMILES string of the molecule is O=C(Nc1nc2nc[nH]c2c(OCc2ccccc2)[nH+]1)OCc1ccccc1. The van der Waals surface area contributed by atoms with Gasteiger partial charge in [0, 0.05) is 0 Å². The van der Waals surface area contributed by atoms with Crippen LogP contribution < -0.4 is 15.0 Å². The molecule has 140 valence electrons. The second-order valence-electron chi connectivity index (χ2n) is 5.98. The number of hydrogen-bond donors (Lipinski definition) is 2. The van der Waals surface area contributed by atoms with Crippen molar-refractivity contribution in [1.82, 2.24) is 15.0 Å². The summed E-state index contributed by atoms with van der Waals surface area (Å²) in [6.45, 7) is 0.516. The molecule has 4 rings (SSSR count). The van der Waals surface area contributed by atoms with Gasteiger partial charge in [0.15, 0.2) is 5.52 Å². The van der Waals surface area contributed by atoms with Gasteiger partial charge < -0.3 is 14.5 Å². The lowest BCUT2D eigenvalue weighted by Crippen LogP contribution is -2.23. The van der Waals surface area contributed by atoms with Crippen LogP contribution in [0.15, 0.2) is 67.0 Å². The van der Waals surface area contributed by atoms with E-state index in [0.29, 0.717) is 23.7 Å². The summed E-state index contributed by atoms with van der Waals surface area (Å²) in [7, 11) is 0. The van der Waals surface area contributed by atoms with Crippen molar-refractivity contribution in [3.05, 3.63) is 78.1 Å². The first-order valence-corrected chi connectivity index (χ1v) is 8.69. The van der Waals surface area contributed by atoms with Crippen LogP contribution in [-0.4, -0.2) is 21.0 Å². The fourth-order valence-electron chi connectivity index (χ4n) is 2.60. The summed E-state index contributed by atoms with van der Waals surface area (Å²) in [5.74, 6) is 0.602. The molecule has 4 aromatic rings. The fraction of sp³-hybridized carbons (Fsp3) is 0.100. The van der Waals surface area contributed by atoms with E-state index in [1.807, 2.05) is 60.7 Å². The standard InChI is InChI=1S/C20H17N5O3/c26-20(28-12-15-9-5-2-6-10-15)25-19-23-17-16(21-13-22-17)18(24-19)27-11-14-7-3-1-4-8-14/h1-10,13H,11-12H2,(H2,21,22,23,24,25,26)/p+1. The molecular weight excluding hydrogens is 358 g/mol. The molecule has 8 heteroatoms. The van der Waals surface area contributed by atoms with Crippen molar-refractivity contribution in [3.63, 3.8) is 0 Å². The van der Waals surface area contributed by atoms with Gasteiger partial charge in [0.05, 0.1) is 6.33 Å². The molecule has 0 fully saturated rings. The summed E-state index contributed by atoms with van der Waals surface area (Å²) < 4.78 is 11.1. The van der Waals surface area contributed by atoms with Crippen molar-refractivity contribution < 1.29 is 19.3 Å². The number of carbonyl (C=O) groups excluding carboxylic acids is 1. The summed E-state index contributed by atoms with van der Waals surface area (Å²) in [6, 6.07) is 19.2. The van der Waals surface area contributed by atoms with E-state index in [4.69, 9.17) is 9.47 Å². The van der Waals surface area contributed by atoms with E-state index in [9.17, 15) is 4.79 Å². The minimum Gasteiger partial charge on any atom is -0.461 e. The van der Waals surface area contributed by atoms with Crippen molar-refractivity contribution in [1.29, 1.82) is 0 Å². The zero-order valence-electron chi connectivity index (χ0n) is 14.9. The smallest absolute Gasteiger partial charge is 0.461 e. The van der Waals surface area contributed by atoms with Gasteiger partial charge in [0.25, 0.3) is 11.5 Å². The molecule has 28 heavy (non-hydrogen) atoms. The number of fused-ring (bicyclic) bond motifs is 1. The number of carbonyl (C=O) groups is 1. The van der Waals surface area contributed by atoms with Crippen molar-refractivity contribution in [2.75, 3.05) is 5.32 Å². The molecule has 0 radical (unpaired) electrons. The maximum atomic E-state index is 12.1. The normalized spacial score (nSPS) is 10.6. The molecule has 0 aliphatic heterocycles. The summed E-state index contributed by atoms with van der Waals surface area (Å²) in [6.07, 6.45) is 0.884. The number of amides is 1. The van der Waals surface area contributed by atoms with Crippen LogP contribution >= 0.6 is 0 Å². The van der Waals surface area contributed by atoms with E-state index in [1.54, 1.807) is 0 Å². The number of anilines is 1. The van der Waals surface area contributed by atoms with Crippen LogP contribution in [0.3, 0.4) is 0 Å². The number of hydrogen-bond acceptors (Lipinski definition) is 5. The van der Waals surface area contributed by atoms with Crippen LogP contribution in [0.2, 0.25) is 0 Å². The highest BCUT2D eigenvalue weighted by atomic mass is 16.5. The Balaban J connectivity index is 1.45. The molecule has 2 heterocycles. The second kappa shape index (κ2) is 8.17. The zero-order valence-corrected chi connectivity index (χ0v) is 14.9. The predicted octanol–water partition coefficient (Wildman–Crippen LogP) is 3.10. The Kier molecular flexibility index (Phi) is 5.10. The van der Waals surface area contributed by atoms with E-state index in [1.165, 1.54) is 6.33 Å². The molecule has 0 bridgehead atoms. The van der Waals surface area contributed by atoms with Gasteiger partial charge in [-0.3, -0.25) is 0 Å². The first kappa shape index (κ1) is 17.5. The number of benzene rings is 2. The molecule has 2 aromatic carbocycles. The molecule has 8 nitrogen and oxygen atoms in total. The Morgan fingerprint density at radius 1 is 1.00 bits per heavy atom. The zero-order chi connectivity index (χ0) is 19.2. The summed E-state index contributed by atoms with van der Waals surface area (Å²) in [4.78, 5) is 26.4. The summed E-state index contributed by atoms with van der Waals surface area (Å²) in [5, 5.41) is 2.57. The largest absolute Gasteiger partial charge is 0.476 e. The molecule has 0 saturated carbocycles. The third kappa shape index (κ3) is 4.24. The van der Waals surface area contributed by atoms with E-state index in [0.717, 1.165) is 11.1 Å². The number of H-pyrrole nitrogens is 2. The average Bonchev–Trinajstić information content (AvgIpc) is 3.21. The lowest BCUT2D eigenvalue weighted by molar-refractivity contribution is -0.380. The van der Waals surface area contributed by atoms with Crippen molar-refractivity contribution in [2.45, 2.75) is 13.2 Å². The topological polar surface area (TPSA) is 103 Å². The lowest BCUT2D eigenvalue weighted by atomic mass is 10.2. The Bertz CT molecular complexity index is 1070. The predicted molar refractivity (Wildman–Crippen MR) is 101 cm³/mol. The van der Waals surface area contributed by atoms with Gasteiger partial charge in [0.2, 0.25) is 0 Å². The highest BCUT2D eigenvalue weighted by Crippen LogP contribution is 2.18. The van der Waals surface area contributed by atoms with Gasteiger partial charge in [-0.2, -0.15) is 5.32 Å². The van der Waals surface area contributed by atoms with Crippen LogP contribution in [-0.2, 0) is 18.0 Å². The van der Waals surface area contributed by atoms with Crippen LogP contribution in [0.1, 0.15) is 11.1 Å². The maximum absolute atomic E-state index is 12.1. The molecule has 0 spiro atoms. The minimum atomic E-state index is -0.628. The molecule has 0 atom stereocenters. The van der Waals surface area contributed by atoms with Crippen molar-refractivity contribution in [3.8, 4) is 5.88 Å². The Morgan fingerprint density at radius 3 is 2.39 bits per heavy atom. The van der Waals surface area contributed by atoms with Crippen LogP contribution in [0.4, 0.5) is 10.7 Å². The van der Waals surface area contributed by atoms with Crippen molar-refractivity contribution >= 4 is 23.2 Å². The summed E-state index contributed by atoms with van der Waals surface area (Å²) in [5.41, 5.74) is 2.93. The average molecular weight is 376 g/mol. The van der Waals surface area contributed by atoms with E-state index in [2.05, 4.69) is 25.3 Å². The van der Waals surface area contributed by atoms with Crippen LogP contribution in [0.25, 0.3) is 11.2 Å². The number of ether oxygens (including phenoxy) is 2. The molecule has 0 aliphatic rings. The van der Waals surface area contributed by atoms with Gasteiger partial charge >= 0.3 is 12.0 Å². The quantitative estimate of drug-likeness (QED) is 0.538. The van der Waals surface area contributed by atoms with E-state index < -0.39 is 6.09 Å². The molecule has 0 saturated heterocycles. The number of nitrogens with one attached hydrogen (secondary N) is 3. The summed E-state index contributed by atoms with van der Waals surface area (Å²) >= 11 is 0. The first-order valence-electron chi connectivity index (χ1n) is 8.69. The molecule has 1 amide bonds. The number of aromatic nitrogens is 4. The number of aromatic amines is 2. The molecule has 3 N–H and O–H groups in total.